The van der Waals surface area contributed by atoms with Gasteiger partial charge in [-0.05, 0) is 31.1 Å². The topological polar surface area (TPSA) is 27.7 Å². The van der Waals surface area contributed by atoms with E-state index in [1.807, 2.05) is 0 Å². The Hall–Kier alpha value is -0.560. The first-order valence-electron chi connectivity index (χ1n) is 6.20. The van der Waals surface area contributed by atoms with Crippen LogP contribution < -0.4 is 0 Å². The van der Waals surface area contributed by atoms with Crippen LogP contribution in [0.2, 0.25) is 0 Å². The van der Waals surface area contributed by atoms with Gasteiger partial charge < -0.3 is 14.2 Å². The van der Waals surface area contributed by atoms with Gasteiger partial charge in [0.15, 0.2) is 5.79 Å². The van der Waals surface area contributed by atoms with Gasteiger partial charge in [-0.3, -0.25) is 0 Å². The molecule has 3 nitrogen and oxygen atoms in total. The van der Waals surface area contributed by atoms with Crippen molar-refractivity contribution in [1.82, 2.24) is 0 Å². The minimum Gasteiger partial charge on any atom is -0.366 e. The molecule has 0 amide bonds. The molecule has 0 aromatic heterocycles. The van der Waals surface area contributed by atoms with Gasteiger partial charge >= 0.3 is 0 Å². The molecule has 2 aliphatic rings. The van der Waals surface area contributed by atoms with Gasteiger partial charge in [-0.2, -0.15) is 0 Å². The Kier molecular flexibility index (Phi) is 3.24. The van der Waals surface area contributed by atoms with Gasteiger partial charge in [0, 0.05) is 34.2 Å². The van der Waals surface area contributed by atoms with Crippen molar-refractivity contribution in [3.8, 4) is 12.3 Å². The SMILES string of the molecule is C#CC1(OC)CCC2(CC1)CC(OC)(OC)C2. The van der Waals surface area contributed by atoms with Crippen molar-refractivity contribution >= 4 is 0 Å². The van der Waals surface area contributed by atoms with E-state index in [1.165, 1.54) is 0 Å². The van der Waals surface area contributed by atoms with E-state index >= 15 is 0 Å². The molecule has 0 saturated heterocycles. The van der Waals surface area contributed by atoms with Crippen LogP contribution in [0, 0.1) is 17.8 Å². The molecule has 17 heavy (non-hydrogen) atoms. The standard InChI is InChI=1S/C14H22O3/c1-5-13(15-2)8-6-12(7-9-13)10-14(11-12,16-3)17-4/h1H,6-11H2,2-4H3. The molecule has 0 N–H and O–H groups in total. The van der Waals surface area contributed by atoms with Crippen molar-refractivity contribution in [3.63, 3.8) is 0 Å². The highest BCUT2D eigenvalue weighted by molar-refractivity contribution is 5.14. The summed E-state index contributed by atoms with van der Waals surface area (Å²) in [6, 6.07) is 0. The molecule has 0 radical (unpaired) electrons. The quantitative estimate of drug-likeness (QED) is 0.558. The predicted molar refractivity (Wildman–Crippen MR) is 65.5 cm³/mol. The number of rotatable bonds is 3. The molecule has 2 aliphatic carbocycles. The number of methoxy groups -OCH3 is 3. The first-order valence-corrected chi connectivity index (χ1v) is 6.20. The van der Waals surface area contributed by atoms with Crippen molar-refractivity contribution < 1.29 is 14.2 Å². The second kappa shape index (κ2) is 4.28. The zero-order valence-electron chi connectivity index (χ0n) is 11.0. The fourth-order valence-corrected chi connectivity index (χ4v) is 3.41. The van der Waals surface area contributed by atoms with Gasteiger partial charge in [-0.25, -0.2) is 0 Å². The summed E-state index contributed by atoms with van der Waals surface area (Å²) in [7, 11) is 5.16. The number of ether oxygens (including phenoxy) is 3. The maximum atomic E-state index is 5.58. The van der Waals surface area contributed by atoms with Crippen LogP contribution in [0.5, 0.6) is 0 Å². The molecular weight excluding hydrogens is 216 g/mol. The normalized spacial score (nSPS) is 28.4. The highest BCUT2D eigenvalue weighted by Crippen LogP contribution is 2.59. The average molecular weight is 238 g/mol. The molecule has 2 fully saturated rings. The van der Waals surface area contributed by atoms with Gasteiger partial charge in [0.25, 0.3) is 0 Å². The lowest BCUT2D eigenvalue weighted by Crippen LogP contribution is -2.57. The summed E-state index contributed by atoms with van der Waals surface area (Å²) in [6.45, 7) is 0. The van der Waals surface area contributed by atoms with E-state index in [2.05, 4.69) is 5.92 Å². The molecule has 0 aromatic rings. The van der Waals surface area contributed by atoms with Crippen LogP contribution >= 0.6 is 0 Å². The Morgan fingerprint density at radius 1 is 0.882 bits per heavy atom. The van der Waals surface area contributed by atoms with Crippen LogP contribution in [-0.4, -0.2) is 32.7 Å². The smallest absolute Gasteiger partial charge is 0.168 e. The fraction of sp³-hybridized carbons (Fsp3) is 0.857. The lowest BCUT2D eigenvalue weighted by molar-refractivity contribution is -0.305. The zero-order valence-corrected chi connectivity index (χ0v) is 11.0. The molecule has 96 valence electrons. The molecule has 0 unspecified atom stereocenters. The van der Waals surface area contributed by atoms with E-state index in [0.717, 1.165) is 38.5 Å². The maximum Gasteiger partial charge on any atom is 0.168 e. The molecule has 1 spiro atoms. The Morgan fingerprint density at radius 2 is 1.41 bits per heavy atom. The Morgan fingerprint density at radius 3 is 1.76 bits per heavy atom. The van der Waals surface area contributed by atoms with Crippen LogP contribution in [0.3, 0.4) is 0 Å². The van der Waals surface area contributed by atoms with Gasteiger partial charge in [0.05, 0.1) is 0 Å². The largest absolute Gasteiger partial charge is 0.366 e. The molecule has 2 rings (SSSR count). The summed E-state index contributed by atoms with van der Waals surface area (Å²) >= 11 is 0. The van der Waals surface area contributed by atoms with E-state index in [1.54, 1.807) is 21.3 Å². The Bertz CT molecular complexity index is 307. The van der Waals surface area contributed by atoms with E-state index in [0.29, 0.717) is 5.41 Å². The number of hydrogen-bond donors (Lipinski definition) is 0. The Labute approximate surface area is 104 Å². The number of terminal acetylenes is 1. The number of hydrogen-bond acceptors (Lipinski definition) is 3. The Balaban J connectivity index is 1.96. The average Bonchev–Trinajstić information content (AvgIpc) is 2.36. The van der Waals surface area contributed by atoms with Crippen molar-refractivity contribution in [3.05, 3.63) is 0 Å². The first-order chi connectivity index (χ1) is 8.07. The lowest BCUT2D eigenvalue weighted by Gasteiger charge is -2.57. The van der Waals surface area contributed by atoms with Gasteiger partial charge in [-0.1, -0.05) is 5.92 Å². The molecule has 2 saturated carbocycles. The molecule has 0 aromatic carbocycles. The van der Waals surface area contributed by atoms with E-state index in [-0.39, 0.29) is 11.4 Å². The first kappa shape index (κ1) is 12.9. The van der Waals surface area contributed by atoms with Crippen LogP contribution in [0.15, 0.2) is 0 Å². The highest BCUT2D eigenvalue weighted by Gasteiger charge is 2.58. The van der Waals surface area contributed by atoms with E-state index in [9.17, 15) is 0 Å². The van der Waals surface area contributed by atoms with Crippen molar-refractivity contribution in [1.29, 1.82) is 0 Å². The molecule has 0 bridgehead atoms. The fourth-order valence-electron chi connectivity index (χ4n) is 3.41. The van der Waals surface area contributed by atoms with Crippen molar-refractivity contribution in [2.45, 2.75) is 49.9 Å². The summed E-state index contributed by atoms with van der Waals surface area (Å²) in [4.78, 5) is 0. The van der Waals surface area contributed by atoms with Crippen molar-refractivity contribution in [2.75, 3.05) is 21.3 Å². The summed E-state index contributed by atoms with van der Waals surface area (Å²) < 4.78 is 16.4. The molecule has 0 atom stereocenters. The van der Waals surface area contributed by atoms with Crippen LogP contribution in [0.1, 0.15) is 38.5 Å². The van der Waals surface area contributed by atoms with Crippen LogP contribution in [0.25, 0.3) is 0 Å². The molecular formula is C14H22O3. The monoisotopic (exact) mass is 238 g/mol. The van der Waals surface area contributed by atoms with E-state index < -0.39 is 0 Å². The third-order valence-corrected chi connectivity index (χ3v) is 4.80. The summed E-state index contributed by atoms with van der Waals surface area (Å²) in [5.41, 5.74) is 0.0363. The zero-order chi connectivity index (χ0) is 12.6. The third-order valence-electron chi connectivity index (χ3n) is 4.80. The second-order valence-corrected chi connectivity index (χ2v) is 5.52. The summed E-state index contributed by atoms with van der Waals surface area (Å²) in [6.07, 6.45) is 11.7. The van der Waals surface area contributed by atoms with Gasteiger partial charge in [-0.15, -0.1) is 6.42 Å². The minimum atomic E-state index is -0.344. The van der Waals surface area contributed by atoms with Crippen molar-refractivity contribution in [2.24, 2.45) is 5.41 Å². The van der Waals surface area contributed by atoms with Gasteiger partial charge in [0.1, 0.15) is 5.60 Å². The lowest BCUT2D eigenvalue weighted by atomic mass is 9.55. The molecule has 0 aliphatic heterocycles. The predicted octanol–water partition coefficient (Wildman–Crippen LogP) is 2.35. The maximum absolute atomic E-state index is 5.58. The highest BCUT2D eigenvalue weighted by atomic mass is 16.7. The van der Waals surface area contributed by atoms with E-state index in [4.69, 9.17) is 20.6 Å². The summed E-state index contributed by atoms with van der Waals surface area (Å²) in [5.74, 6) is 2.47. The van der Waals surface area contributed by atoms with Gasteiger partial charge in [0.2, 0.25) is 0 Å². The minimum absolute atomic E-state index is 0.330. The van der Waals surface area contributed by atoms with Crippen LogP contribution in [0.4, 0.5) is 0 Å². The molecule has 3 heteroatoms. The second-order valence-electron chi connectivity index (χ2n) is 5.52. The molecule has 0 heterocycles. The summed E-state index contributed by atoms with van der Waals surface area (Å²) in [5, 5.41) is 0. The third kappa shape index (κ3) is 1.99. The van der Waals surface area contributed by atoms with Crippen LogP contribution in [-0.2, 0) is 14.2 Å².